The van der Waals surface area contributed by atoms with E-state index >= 15 is 0 Å². The maximum absolute atomic E-state index is 13.2. The molecule has 2 aromatic carbocycles. The van der Waals surface area contributed by atoms with E-state index in [0.29, 0.717) is 17.4 Å². The molecule has 0 aliphatic carbocycles. The first-order valence-electron chi connectivity index (χ1n) is 6.65. The van der Waals surface area contributed by atoms with E-state index in [-0.39, 0.29) is 5.82 Å². The second kappa shape index (κ2) is 5.95. The Hall–Kier alpha value is -1.72. The first-order valence-corrected chi connectivity index (χ1v) is 7.44. The molecule has 108 valence electrons. The van der Waals surface area contributed by atoms with Gasteiger partial charge in [-0.3, -0.25) is 0 Å². The van der Waals surface area contributed by atoms with Gasteiger partial charge in [0.2, 0.25) is 0 Å². The lowest BCUT2D eigenvalue weighted by molar-refractivity contribution is 0.155. The maximum Gasteiger partial charge on any atom is 0.137 e. The highest BCUT2D eigenvalue weighted by molar-refractivity contribution is 9.10. The number of aliphatic hydroxyl groups excluding tert-OH is 1. The van der Waals surface area contributed by atoms with Crippen LogP contribution in [0.4, 0.5) is 4.39 Å². The molecule has 1 N–H and O–H groups in total. The molecule has 1 atom stereocenters. The van der Waals surface area contributed by atoms with Crippen LogP contribution < -0.4 is 0 Å². The van der Waals surface area contributed by atoms with E-state index in [4.69, 9.17) is 0 Å². The van der Waals surface area contributed by atoms with Crippen molar-refractivity contribution >= 4 is 27.0 Å². The van der Waals surface area contributed by atoms with Crippen LogP contribution >= 0.6 is 15.9 Å². The van der Waals surface area contributed by atoms with E-state index < -0.39 is 6.10 Å². The molecule has 21 heavy (non-hydrogen) atoms. The van der Waals surface area contributed by atoms with Crippen molar-refractivity contribution in [1.82, 2.24) is 9.55 Å². The van der Waals surface area contributed by atoms with Gasteiger partial charge in [-0.05, 0) is 45.8 Å². The summed E-state index contributed by atoms with van der Waals surface area (Å²) in [7, 11) is 0. The minimum atomic E-state index is -0.556. The summed E-state index contributed by atoms with van der Waals surface area (Å²) in [6.07, 6.45) is 1.64. The number of benzene rings is 2. The molecule has 0 amide bonds. The average Bonchev–Trinajstić information content (AvgIpc) is 2.86. The van der Waals surface area contributed by atoms with Gasteiger partial charge in [-0.1, -0.05) is 18.2 Å². The molecule has 5 heteroatoms. The van der Waals surface area contributed by atoms with Crippen LogP contribution in [0.3, 0.4) is 0 Å². The summed E-state index contributed by atoms with van der Waals surface area (Å²) in [4.78, 5) is 4.30. The summed E-state index contributed by atoms with van der Waals surface area (Å²) < 4.78 is 15.5. The zero-order chi connectivity index (χ0) is 14.8. The second-order valence-corrected chi connectivity index (χ2v) is 5.85. The molecule has 1 aromatic heterocycles. The topological polar surface area (TPSA) is 38.0 Å². The lowest BCUT2D eigenvalue weighted by Crippen LogP contribution is -2.18. The SMILES string of the molecule is OC(Cc1ccc(F)c(Br)c1)Cn1cnc2ccccc21. The van der Waals surface area contributed by atoms with Crippen molar-refractivity contribution in [2.45, 2.75) is 19.1 Å². The third kappa shape index (κ3) is 3.14. The van der Waals surface area contributed by atoms with Crippen LogP contribution in [-0.2, 0) is 13.0 Å². The molecule has 0 aliphatic heterocycles. The monoisotopic (exact) mass is 348 g/mol. The van der Waals surface area contributed by atoms with Crippen molar-refractivity contribution in [2.75, 3.05) is 0 Å². The Morgan fingerprint density at radius 2 is 2.05 bits per heavy atom. The Morgan fingerprint density at radius 1 is 1.24 bits per heavy atom. The molecular weight excluding hydrogens is 335 g/mol. The molecule has 3 rings (SSSR count). The molecule has 0 fully saturated rings. The molecule has 3 nitrogen and oxygen atoms in total. The Kier molecular flexibility index (Phi) is 4.03. The Balaban J connectivity index is 1.74. The fourth-order valence-corrected chi connectivity index (χ4v) is 2.81. The predicted molar refractivity (Wildman–Crippen MR) is 83.5 cm³/mol. The van der Waals surface area contributed by atoms with Gasteiger partial charge in [-0.25, -0.2) is 9.37 Å². The van der Waals surface area contributed by atoms with Gasteiger partial charge < -0.3 is 9.67 Å². The fourth-order valence-electron chi connectivity index (χ4n) is 2.39. The highest BCUT2D eigenvalue weighted by atomic mass is 79.9. The summed E-state index contributed by atoms with van der Waals surface area (Å²) in [5.74, 6) is -0.297. The van der Waals surface area contributed by atoms with Crippen molar-refractivity contribution in [1.29, 1.82) is 0 Å². The van der Waals surface area contributed by atoms with Crippen LogP contribution in [0.5, 0.6) is 0 Å². The molecule has 0 spiro atoms. The number of para-hydroxylation sites is 2. The van der Waals surface area contributed by atoms with Crippen molar-refractivity contribution in [2.24, 2.45) is 0 Å². The van der Waals surface area contributed by atoms with E-state index in [0.717, 1.165) is 16.6 Å². The van der Waals surface area contributed by atoms with Gasteiger partial charge in [-0.2, -0.15) is 0 Å². The molecule has 0 bridgehead atoms. The van der Waals surface area contributed by atoms with Crippen molar-refractivity contribution in [3.05, 3.63) is 64.6 Å². The molecule has 0 saturated carbocycles. The van der Waals surface area contributed by atoms with Crippen LogP contribution in [-0.4, -0.2) is 20.8 Å². The first kappa shape index (κ1) is 14.2. The van der Waals surface area contributed by atoms with Gasteiger partial charge in [-0.15, -0.1) is 0 Å². The number of hydrogen-bond acceptors (Lipinski definition) is 2. The van der Waals surface area contributed by atoms with E-state index in [9.17, 15) is 9.50 Å². The zero-order valence-corrected chi connectivity index (χ0v) is 12.8. The molecular formula is C16H14BrFN2O. The van der Waals surface area contributed by atoms with E-state index in [1.165, 1.54) is 6.07 Å². The maximum atomic E-state index is 13.2. The summed E-state index contributed by atoms with van der Waals surface area (Å²) in [6.45, 7) is 0.454. The van der Waals surface area contributed by atoms with Gasteiger partial charge in [0.05, 0.1) is 34.5 Å². The molecule has 0 aliphatic rings. The summed E-state index contributed by atoms with van der Waals surface area (Å²) in [5, 5.41) is 10.2. The largest absolute Gasteiger partial charge is 0.391 e. The van der Waals surface area contributed by atoms with E-state index in [1.54, 1.807) is 18.5 Å². The Morgan fingerprint density at radius 3 is 2.86 bits per heavy atom. The second-order valence-electron chi connectivity index (χ2n) is 4.99. The van der Waals surface area contributed by atoms with Crippen LogP contribution in [0.25, 0.3) is 11.0 Å². The summed E-state index contributed by atoms with van der Waals surface area (Å²) >= 11 is 3.16. The van der Waals surface area contributed by atoms with E-state index in [1.807, 2.05) is 28.8 Å². The average molecular weight is 349 g/mol. The summed E-state index contributed by atoms with van der Waals surface area (Å²) in [6, 6.07) is 12.6. The van der Waals surface area contributed by atoms with Crippen molar-refractivity contribution in [3.8, 4) is 0 Å². The van der Waals surface area contributed by atoms with Crippen LogP contribution in [0.15, 0.2) is 53.3 Å². The number of halogens is 2. The number of aliphatic hydroxyl groups is 1. The van der Waals surface area contributed by atoms with Gasteiger partial charge in [0.25, 0.3) is 0 Å². The number of imidazole rings is 1. The highest BCUT2D eigenvalue weighted by Gasteiger charge is 2.10. The normalized spacial score (nSPS) is 12.7. The minimum absolute atomic E-state index is 0.297. The summed E-state index contributed by atoms with van der Waals surface area (Å²) in [5.41, 5.74) is 2.80. The Bertz CT molecular complexity index is 772. The van der Waals surface area contributed by atoms with Gasteiger partial charge in [0, 0.05) is 6.42 Å². The number of aromatic nitrogens is 2. The van der Waals surface area contributed by atoms with Crippen LogP contribution in [0.2, 0.25) is 0 Å². The number of rotatable bonds is 4. The number of hydrogen-bond donors (Lipinski definition) is 1. The smallest absolute Gasteiger partial charge is 0.137 e. The number of fused-ring (bicyclic) bond motifs is 1. The van der Waals surface area contributed by atoms with Gasteiger partial charge in [0.1, 0.15) is 5.82 Å². The lowest BCUT2D eigenvalue weighted by atomic mass is 10.1. The minimum Gasteiger partial charge on any atom is -0.391 e. The van der Waals surface area contributed by atoms with Gasteiger partial charge in [0.15, 0.2) is 0 Å². The van der Waals surface area contributed by atoms with Crippen molar-refractivity contribution < 1.29 is 9.50 Å². The third-order valence-corrected chi connectivity index (χ3v) is 4.00. The van der Waals surface area contributed by atoms with Crippen LogP contribution in [0, 0.1) is 5.82 Å². The first-order chi connectivity index (χ1) is 10.1. The van der Waals surface area contributed by atoms with Crippen molar-refractivity contribution in [3.63, 3.8) is 0 Å². The molecule has 3 aromatic rings. The Labute approximate surface area is 130 Å². The fraction of sp³-hybridized carbons (Fsp3) is 0.188. The molecule has 1 heterocycles. The molecule has 0 radical (unpaired) electrons. The quantitative estimate of drug-likeness (QED) is 0.782. The highest BCUT2D eigenvalue weighted by Crippen LogP contribution is 2.19. The third-order valence-electron chi connectivity index (χ3n) is 3.39. The van der Waals surface area contributed by atoms with E-state index in [2.05, 4.69) is 20.9 Å². The van der Waals surface area contributed by atoms with Crippen LogP contribution in [0.1, 0.15) is 5.56 Å². The zero-order valence-electron chi connectivity index (χ0n) is 11.2. The number of nitrogens with zero attached hydrogens (tertiary/aromatic N) is 2. The standard InChI is InChI=1S/C16H14BrFN2O/c17-13-8-11(5-6-14(13)18)7-12(21)9-20-10-19-15-3-1-2-4-16(15)20/h1-6,8,10,12,21H,7,9H2. The molecule has 1 unspecified atom stereocenters. The predicted octanol–water partition coefficient (Wildman–Crippen LogP) is 3.54. The molecule has 0 saturated heterocycles. The van der Waals surface area contributed by atoms with Gasteiger partial charge >= 0.3 is 0 Å². The lowest BCUT2D eigenvalue weighted by Gasteiger charge is -2.12.